The van der Waals surface area contributed by atoms with Crippen LogP contribution in [-0.2, 0) is 14.8 Å². The van der Waals surface area contributed by atoms with Crippen LogP contribution >= 0.6 is 23.1 Å². The molecule has 0 spiro atoms. The highest BCUT2D eigenvalue weighted by Crippen LogP contribution is 2.27. The van der Waals surface area contributed by atoms with Crippen LogP contribution in [0.3, 0.4) is 0 Å². The van der Waals surface area contributed by atoms with Crippen molar-refractivity contribution in [3.05, 3.63) is 76.6 Å². The van der Waals surface area contributed by atoms with Gasteiger partial charge in [0.05, 0.1) is 16.8 Å². The number of piperidine rings is 1. The fourth-order valence-electron chi connectivity index (χ4n) is 3.62. The van der Waals surface area contributed by atoms with E-state index in [1.165, 1.54) is 22.3 Å². The molecule has 3 aromatic rings. The third-order valence-corrected chi connectivity index (χ3v) is 9.04. The number of carbonyl (C=O) groups excluding carboxylic acids is 1. The maximum absolute atomic E-state index is 12.7. The molecule has 32 heavy (non-hydrogen) atoms. The molecule has 1 atom stereocenters. The lowest BCUT2D eigenvalue weighted by Crippen LogP contribution is -2.35. The Kier molecular flexibility index (Phi) is 7.62. The van der Waals surface area contributed by atoms with Crippen molar-refractivity contribution in [2.24, 2.45) is 0 Å². The number of nitrogens with one attached hydrogen (secondary N) is 1. The summed E-state index contributed by atoms with van der Waals surface area (Å²) in [5.41, 5.74) is 1.03. The summed E-state index contributed by atoms with van der Waals surface area (Å²) in [5, 5.41) is 5.72. The first kappa shape index (κ1) is 23.0. The normalized spacial score (nSPS) is 15.9. The second-order valence-corrected chi connectivity index (χ2v) is 11.4. The maximum atomic E-state index is 12.7. The third-order valence-electron chi connectivity index (χ3n) is 5.28. The van der Waals surface area contributed by atoms with E-state index in [9.17, 15) is 13.2 Å². The highest BCUT2D eigenvalue weighted by Gasteiger charge is 2.26. The van der Waals surface area contributed by atoms with Crippen LogP contribution in [0.5, 0.6) is 0 Å². The molecule has 9 heteroatoms. The summed E-state index contributed by atoms with van der Waals surface area (Å²) in [6.07, 6.45) is 4.25. The van der Waals surface area contributed by atoms with Crippen molar-refractivity contribution in [1.29, 1.82) is 0 Å². The zero-order chi connectivity index (χ0) is 22.4. The summed E-state index contributed by atoms with van der Waals surface area (Å²) < 4.78 is 27.0. The Balaban J connectivity index is 1.37. The molecule has 1 fully saturated rings. The topological polar surface area (TPSA) is 79.4 Å². The van der Waals surface area contributed by atoms with Crippen molar-refractivity contribution in [3.63, 3.8) is 0 Å². The average molecular weight is 488 g/mol. The second-order valence-electron chi connectivity index (χ2n) is 7.51. The van der Waals surface area contributed by atoms with Gasteiger partial charge in [-0.2, -0.15) is 4.31 Å². The van der Waals surface area contributed by atoms with E-state index in [2.05, 4.69) is 10.3 Å². The number of carbonyl (C=O) groups is 1. The van der Waals surface area contributed by atoms with Gasteiger partial charge in [-0.3, -0.25) is 4.79 Å². The number of hydrogen-bond acceptors (Lipinski definition) is 6. The Morgan fingerprint density at radius 1 is 1.06 bits per heavy atom. The lowest BCUT2D eigenvalue weighted by atomic mass is 10.1. The molecular formula is C23H25N3O3S3. The van der Waals surface area contributed by atoms with E-state index in [-0.39, 0.29) is 22.6 Å². The van der Waals surface area contributed by atoms with E-state index >= 15 is 0 Å². The number of sulfonamides is 1. The monoisotopic (exact) mass is 487 g/mol. The first-order valence-corrected chi connectivity index (χ1v) is 13.8. The molecular weight excluding hydrogens is 462 g/mol. The Morgan fingerprint density at radius 2 is 1.84 bits per heavy atom. The summed E-state index contributed by atoms with van der Waals surface area (Å²) in [4.78, 5) is 18.2. The van der Waals surface area contributed by atoms with Gasteiger partial charge in [0.1, 0.15) is 4.90 Å². The SMILES string of the molecule is O=C(CSc1ccc(S(=O)(=O)N2CCCCC2)cn1)NC(c1ccccc1)c1cccs1. The largest absolute Gasteiger partial charge is 0.344 e. The third kappa shape index (κ3) is 5.58. The van der Waals surface area contributed by atoms with Gasteiger partial charge in [-0.05, 0) is 42.0 Å². The molecule has 1 unspecified atom stereocenters. The van der Waals surface area contributed by atoms with Crippen molar-refractivity contribution >= 4 is 39.0 Å². The van der Waals surface area contributed by atoms with Crippen molar-refractivity contribution in [3.8, 4) is 0 Å². The van der Waals surface area contributed by atoms with Gasteiger partial charge in [0.15, 0.2) is 0 Å². The molecule has 0 radical (unpaired) electrons. The summed E-state index contributed by atoms with van der Waals surface area (Å²) in [5.74, 6) is 0.0870. The van der Waals surface area contributed by atoms with Crippen LogP contribution in [0, 0.1) is 0 Å². The zero-order valence-corrected chi connectivity index (χ0v) is 20.0. The van der Waals surface area contributed by atoms with E-state index in [4.69, 9.17) is 0 Å². The first-order chi connectivity index (χ1) is 15.5. The van der Waals surface area contributed by atoms with Crippen LogP contribution in [0.4, 0.5) is 0 Å². The molecule has 0 bridgehead atoms. The minimum Gasteiger partial charge on any atom is -0.344 e. The molecule has 168 valence electrons. The standard InChI is InChI=1S/C23H25N3O3S3/c27-21(25-23(20-10-7-15-30-20)18-8-3-1-4-9-18)17-31-22-12-11-19(16-24-22)32(28,29)26-13-5-2-6-14-26/h1,3-4,7-12,15-16,23H,2,5-6,13-14,17H2,(H,25,27). The quantitative estimate of drug-likeness (QED) is 0.479. The molecule has 1 saturated heterocycles. The highest BCUT2D eigenvalue weighted by atomic mass is 32.2. The number of hydrogen-bond donors (Lipinski definition) is 1. The van der Waals surface area contributed by atoms with Gasteiger partial charge in [-0.15, -0.1) is 11.3 Å². The summed E-state index contributed by atoms with van der Waals surface area (Å²) in [6, 6.07) is 16.9. The first-order valence-electron chi connectivity index (χ1n) is 10.5. The number of pyridine rings is 1. The van der Waals surface area contributed by atoms with Crippen LogP contribution in [0.2, 0.25) is 0 Å². The van der Waals surface area contributed by atoms with E-state index in [1.807, 2.05) is 47.8 Å². The summed E-state index contributed by atoms with van der Waals surface area (Å²) in [6.45, 7) is 1.12. The number of benzene rings is 1. The van der Waals surface area contributed by atoms with Crippen LogP contribution in [-0.4, -0.2) is 42.5 Å². The van der Waals surface area contributed by atoms with E-state index in [1.54, 1.807) is 23.5 Å². The van der Waals surface area contributed by atoms with Gasteiger partial charge >= 0.3 is 0 Å². The van der Waals surface area contributed by atoms with Crippen LogP contribution in [0.15, 0.2) is 76.1 Å². The van der Waals surface area contributed by atoms with E-state index < -0.39 is 10.0 Å². The van der Waals surface area contributed by atoms with E-state index in [0.29, 0.717) is 18.1 Å². The Hall–Kier alpha value is -2.20. The van der Waals surface area contributed by atoms with Crippen LogP contribution in [0.25, 0.3) is 0 Å². The van der Waals surface area contributed by atoms with E-state index in [0.717, 1.165) is 29.7 Å². The molecule has 3 heterocycles. The Morgan fingerprint density at radius 3 is 2.50 bits per heavy atom. The predicted molar refractivity (Wildman–Crippen MR) is 128 cm³/mol. The number of amides is 1. The highest BCUT2D eigenvalue weighted by molar-refractivity contribution is 7.99. The van der Waals surface area contributed by atoms with Crippen LogP contribution < -0.4 is 5.32 Å². The number of thiophene rings is 1. The number of thioether (sulfide) groups is 1. The Bertz CT molecular complexity index is 1110. The van der Waals surface area contributed by atoms with Gasteiger partial charge < -0.3 is 5.32 Å². The molecule has 4 rings (SSSR count). The lowest BCUT2D eigenvalue weighted by Gasteiger charge is -2.25. The van der Waals surface area contributed by atoms with Gasteiger partial charge in [-0.25, -0.2) is 13.4 Å². The number of nitrogens with zero attached hydrogens (tertiary/aromatic N) is 2. The second kappa shape index (κ2) is 10.6. The number of rotatable bonds is 8. The minimum atomic E-state index is -3.50. The zero-order valence-electron chi connectivity index (χ0n) is 17.5. The molecule has 6 nitrogen and oxygen atoms in total. The fourth-order valence-corrected chi connectivity index (χ4v) is 6.54. The summed E-state index contributed by atoms with van der Waals surface area (Å²) >= 11 is 2.89. The molecule has 1 aliphatic heterocycles. The molecule has 1 aliphatic rings. The predicted octanol–water partition coefficient (Wildman–Crippen LogP) is 4.32. The fraction of sp³-hybridized carbons (Fsp3) is 0.304. The molecule has 1 amide bonds. The molecule has 1 aromatic carbocycles. The van der Waals surface area contributed by atoms with Crippen molar-refractivity contribution in [1.82, 2.24) is 14.6 Å². The molecule has 0 saturated carbocycles. The molecule has 2 aromatic heterocycles. The van der Waals surface area contributed by atoms with Crippen molar-refractivity contribution in [2.75, 3.05) is 18.8 Å². The summed E-state index contributed by atoms with van der Waals surface area (Å²) in [7, 11) is -3.50. The number of aromatic nitrogens is 1. The average Bonchev–Trinajstić information content (AvgIpc) is 3.37. The smallest absolute Gasteiger partial charge is 0.244 e. The van der Waals surface area contributed by atoms with Gasteiger partial charge in [0, 0.05) is 24.2 Å². The maximum Gasteiger partial charge on any atom is 0.244 e. The van der Waals surface area contributed by atoms with Crippen molar-refractivity contribution in [2.45, 2.75) is 35.2 Å². The van der Waals surface area contributed by atoms with Crippen LogP contribution in [0.1, 0.15) is 35.7 Å². The molecule has 0 aliphatic carbocycles. The van der Waals surface area contributed by atoms with Gasteiger partial charge in [-0.1, -0.05) is 54.6 Å². The van der Waals surface area contributed by atoms with Gasteiger partial charge in [0.25, 0.3) is 0 Å². The Labute approximate surface area is 197 Å². The van der Waals surface area contributed by atoms with Crippen molar-refractivity contribution < 1.29 is 13.2 Å². The minimum absolute atomic E-state index is 0.107. The lowest BCUT2D eigenvalue weighted by molar-refractivity contribution is -0.119. The molecule has 1 N–H and O–H groups in total. The van der Waals surface area contributed by atoms with Gasteiger partial charge in [0.2, 0.25) is 15.9 Å².